The Morgan fingerprint density at radius 2 is 1.93 bits per heavy atom. The van der Waals surface area contributed by atoms with E-state index in [2.05, 4.69) is 0 Å². The van der Waals surface area contributed by atoms with E-state index in [1.165, 1.54) is 0 Å². The molecular weight excluding hydrogens is 190 g/mol. The minimum atomic E-state index is -0.817. The van der Waals surface area contributed by atoms with Crippen molar-refractivity contribution in [3.05, 3.63) is 35.9 Å². The molecule has 0 saturated carbocycles. The van der Waals surface area contributed by atoms with Crippen LogP contribution in [0.5, 0.6) is 0 Å². The number of carboxylic acids is 1. The molecule has 0 amide bonds. The Bertz CT molecular complexity index is 327. The Morgan fingerprint density at radius 1 is 1.40 bits per heavy atom. The summed E-state index contributed by atoms with van der Waals surface area (Å²) in [7, 11) is 0. The largest absolute Gasteiger partial charge is 0.481 e. The Labute approximate surface area is 89.9 Å². The zero-order chi connectivity index (χ0) is 11.5. The first-order valence-electron chi connectivity index (χ1n) is 4.97. The summed E-state index contributed by atoms with van der Waals surface area (Å²) in [5.41, 5.74) is 6.45. The molecule has 0 bridgehead atoms. The molecule has 1 aromatic rings. The van der Waals surface area contributed by atoms with Crippen molar-refractivity contribution in [1.29, 1.82) is 0 Å². The van der Waals surface area contributed by atoms with Gasteiger partial charge >= 0.3 is 5.97 Å². The first-order valence-corrected chi connectivity index (χ1v) is 4.97. The lowest BCUT2D eigenvalue weighted by Crippen LogP contribution is -2.40. The fraction of sp³-hybridized carbons (Fsp3) is 0.417. The molecule has 0 saturated heterocycles. The monoisotopic (exact) mass is 207 g/mol. The molecule has 3 N–H and O–H groups in total. The number of nitrogens with two attached hydrogens (primary N) is 1. The third kappa shape index (κ3) is 3.36. The summed E-state index contributed by atoms with van der Waals surface area (Å²) >= 11 is 0. The van der Waals surface area contributed by atoms with Crippen molar-refractivity contribution < 1.29 is 9.90 Å². The second kappa shape index (κ2) is 4.45. The highest BCUT2D eigenvalue weighted by Crippen LogP contribution is 2.29. The molecule has 1 rings (SSSR count). The summed E-state index contributed by atoms with van der Waals surface area (Å²) in [6.45, 7) is 3.71. The number of benzene rings is 1. The maximum absolute atomic E-state index is 10.8. The highest BCUT2D eigenvalue weighted by Gasteiger charge is 2.28. The van der Waals surface area contributed by atoms with E-state index in [1.54, 1.807) is 0 Å². The standard InChI is InChI=1S/C12H17NO2/c1-12(2,13)10(8-11(14)15)9-6-4-3-5-7-9/h3-7,10H,8,13H2,1-2H3,(H,14,15). The first kappa shape index (κ1) is 11.7. The summed E-state index contributed by atoms with van der Waals surface area (Å²) in [4.78, 5) is 10.8. The second-order valence-corrected chi connectivity index (χ2v) is 4.38. The molecule has 1 atom stereocenters. The number of carbonyl (C=O) groups is 1. The maximum atomic E-state index is 10.8. The van der Waals surface area contributed by atoms with Gasteiger partial charge in [-0.15, -0.1) is 0 Å². The van der Waals surface area contributed by atoms with Crippen LogP contribution in [-0.2, 0) is 4.79 Å². The van der Waals surface area contributed by atoms with Gasteiger partial charge in [0.25, 0.3) is 0 Å². The minimum Gasteiger partial charge on any atom is -0.481 e. The van der Waals surface area contributed by atoms with Crippen LogP contribution >= 0.6 is 0 Å². The van der Waals surface area contributed by atoms with Gasteiger partial charge in [-0.3, -0.25) is 4.79 Å². The lowest BCUT2D eigenvalue weighted by Gasteiger charge is -2.29. The molecule has 82 valence electrons. The smallest absolute Gasteiger partial charge is 0.304 e. The highest BCUT2D eigenvalue weighted by atomic mass is 16.4. The van der Waals surface area contributed by atoms with Crippen molar-refractivity contribution in [3.63, 3.8) is 0 Å². The molecular formula is C12H17NO2. The van der Waals surface area contributed by atoms with Gasteiger partial charge in [-0.25, -0.2) is 0 Å². The molecule has 1 aromatic carbocycles. The van der Waals surface area contributed by atoms with Crippen molar-refractivity contribution in [1.82, 2.24) is 0 Å². The molecule has 0 aliphatic rings. The van der Waals surface area contributed by atoms with Gasteiger partial charge in [0, 0.05) is 11.5 Å². The second-order valence-electron chi connectivity index (χ2n) is 4.38. The molecule has 0 aromatic heterocycles. The number of rotatable bonds is 4. The van der Waals surface area contributed by atoms with Crippen LogP contribution < -0.4 is 5.73 Å². The van der Waals surface area contributed by atoms with Crippen LogP contribution in [0.3, 0.4) is 0 Å². The third-order valence-corrected chi connectivity index (χ3v) is 2.48. The SMILES string of the molecule is CC(C)(N)C(CC(=O)O)c1ccccc1. The lowest BCUT2D eigenvalue weighted by molar-refractivity contribution is -0.137. The highest BCUT2D eigenvalue weighted by molar-refractivity contribution is 5.68. The molecule has 0 fully saturated rings. The molecule has 3 heteroatoms. The van der Waals surface area contributed by atoms with Gasteiger partial charge in [0.2, 0.25) is 0 Å². The van der Waals surface area contributed by atoms with Crippen molar-refractivity contribution >= 4 is 5.97 Å². The van der Waals surface area contributed by atoms with Crippen LogP contribution in [-0.4, -0.2) is 16.6 Å². The zero-order valence-corrected chi connectivity index (χ0v) is 9.10. The fourth-order valence-corrected chi connectivity index (χ4v) is 1.67. The van der Waals surface area contributed by atoms with Crippen LogP contribution in [0.25, 0.3) is 0 Å². The Balaban J connectivity index is 2.97. The number of aliphatic carboxylic acids is 1. The van der Waals surface area contributed by atoms with Crippen molar-refractivity contribution in [3.8, 4) is 0 Å². The van der Waals surface area contributed by atoms with E-state index in [0.29, 0.717) is 0 Å². The van der Waals surface area contributed by atoms with E-state index >= 15 is 0 Å². The Kier molecular flexibility index (Phi) is 3.48. The van der Waals surface area contributed by atoms with Gasteiger partial charge in [-0.05, 0) is 19.4 Å². The maximum Gasteiger partial charge on any atom is 0.304 e. The summed E-state index contributed by atoms with van der Waals surface area (Å²) < 4.78 is 0. The van der Waals surface area contributed by atoms with Crippen LogP contribution in [0.4, 0.5) is 0 Å². The van der Waals surface area contributed by atoms with Gasteiger partial charge in [0.1, 0.15) is 0 Å². The molecule has 0 radical (unpaired) electrons. The Morgan fingerprint density at radius 3 is 2.33 bits per heavy atom. The molecule has 1 unspecified atom stereocenters. The third-order valence-electron chi connectivity index (χ3n) is 2.48. The summed E-state index contributed by atoms with van der Waals surface area (Å²) in [6.07, 6.45) is 0.0630. The first-order chi connectivity index (χ1) is 6.91. The molecule has 3 nitrogen and oxygen atoms in total. The van der Waals surface area contributed by atoms with Crippen LogP contribution in [0.15, 0.2) is 30.3 Å². The normalized spacial score (nSPS) is 13.5. The van der Waals surface area contributed by atoms with Gasteiger partial charge in [-0.2, -0.15) is 0 Å². The van der Waals surface area contributed by atoms with Gasteiger partial charge in [0.15, 0.2) is 0 Å². The Hall–Kier alpha value is -1.35. The van der Waals surface area contributed by atoms with E-state index in [4.69, 9.17) is 10.8 Å². The lowest BCUT2D eigenvalue weighted by atomic mass is 9.80. The van der Waals surface area contributed by atoms with E-state index in [9.17, 15) is 4.79 Å². The van der Waals surface area contributed by atoms with Gasteiger partial charge < -0.3 is 10.8 Å². The average molecular weight is 207 g/mol. The van der Waals surface area contributed by atoms with Crippen molar-refractivity contribution in [2.75, 3.05) is 0 Å². The molecule has 0 aliphatic carbocycles. The molecule has 0 heterocycles. The molecule has 15 heavy (non-hydrogen) atoms. The van der Waals surface area contributed by atoms with Gasteiger partial charge in [0.05, 0.1) is 6.42 Å². The summed E-state index contributed by atoms with van der Waals surface area (Å²) in [5, 5.41) is 8.85. The topological polar surface area (TPSA) is 63.3 Å². The van der Waals surface area contributed by atoms with E-state index in [1.807, 2.05) is 44.2 Å². The quantitative estimate of drug-likeness (QED) is 0.793. The average Bonchev–Trinajstić information content (AvgIpc) is 2.14. The predicted octanol–water partition coefficient (Wildman–Crippen LogP) is 1.98. The van der Waals surface area contributed by atoms with E-state index in [-0.39, 0.29) is 12.3 Å². The van der Waals surface area contributed by atoms with Crippen LogP contribution in [0.2, 0.25) is 0 Å². The number of carboxylic acid groups (broad SMARTS) is 1. The predicted molar refractivity (Wildman–Crippen MR) is 59.7 cm³/mol. The fourth-order valence-electron chi connectivity index (χ4n) is 1.67. The van der Waals surface area contributed by atoms with E-state index in [0.717, 1.165) is 5.56 Å². The van der Waals surface area contributed by atoms with Crippen LogP contribution in [0, 0.1) is 0 Å². The van der Waals surface area contributed by atoms with Crippen LogP contribution in [0.1, 0.15) is 31.7 Å². The van der Waals surface area contributed by atoms with Crippen molar-refractivity contribution in [2.24, 2.45) is 5.73 Å². The minimum absolute atomic E-state index is 0.0630. The van der Waals surface area contributed by atoms with Crippen molar-refractivity contribution in [2.45, 2.75) is 31.7 Å². The van der Waals surface area contributed by atoms with Gasteiger partial charge in [-0.1, -0.05) is 30.3 Å². The zero-order valence-electron chi connectivity index (χ0n) is 9.10. The summed E-state index contributed by atoms with van der Waals surface area (Å²) in [6, 6.07) is 9.54. The molecule has 0 aliphatic heterocycles. The number of hydrogen-bond acceptors (Lipinski definition) is 2. The molecule has 0 spiro atoms. The van der Waals surface area contributed by atoms with E-state index < -0.39 is 11.5 Å². The number of hydrogen-bond donors (Lipinski definition) is 2. The summed E-state index contributed by atoms with van der Waals surface area (Å²) in [5.74, 6) is -0.974.